The van der Waals surface area contributed by atoms with Gasteiger partial charge < -0.3 is 43.0 Å². The number of hydrogen-bond donors (Lipinski definition) is 1. The maximum atomic E-state index is 13.3. The molecule has 0 saturated carbocycles. The van der Waals surface area contributed by atoms with E-state index in [0.717, 1.165) is 0 Å². The first kappa shape index (κ1) is 34.2. The molecule has 0 radical (unpaired) electrons. The van der Waals surface area contributed by atoms with Crippen LogP contribution in [0, 0.1) is 11.3 Å². The molecule has 49 heavy (non-hydrogen) atoms. The van der Waals surface area contributed by atoms with Gasteiger partial charge in [-0.3, -0.25) is 0 Å². The third-order valence-electron chi connectivity index (χ3n) is 8.43. The van der Waals surface area contributed by atoms with E-state index in [2.05, 4.69) is 0 Å². The van der Waals surface area contributed by atoms with E-state index in [1.54, 1.807) is 92.7 Å². The van der Waals surface area contributed by atoms with Crippen molar-refractivity contribution in [1.29, 1.82) is 5.26 Å². The van der Waals surface area contributed by atoms with E-state index in [4.69, 9.17) is 37.9 Å². The Balaban J connectivity index is 1.30. The summed E-state index contributed by atoms with van der Waals surface area (Å²) in [6, 6.07) is 26.5. The molecule has 3 aromatic rings. The third kappa shape index (κ3) is 7.35. The standard InChI is InChI=1S/C36H35NO12/c1-20-26(44-31(39)22-13-7-4-8-14-22)28(46-33(41)24-17-11-6-12-18-24)25(38)34(42-20)47-29-27(45-32(40)23-15-9-5-10-16-23)21(2)43-35-30(29)48-36(3,19-37)49-35/h4-18,20-21,25-30,34-35,38H,1-3H3/t20-,21-,25+,26-,27-,28-,29+,30+,34-,35+,36-/m0/s1. The fraction of sp³-hybridized carbons (Fsp3) is 0.389. The summed E-state index contributed by atoms with van der Waals surface area (Å²) in [7, 11) is 0. The molecule has 13 nitrogen and oxygen atoms in total. The fourth-order valence-electron chi connectivity index (χ4n) is 5.92. The summed E-state index contributed by atoms with van der Waals surface area (Å²) in [6.07, 6.45) is -12.5. The second kappa shape index (κ2) is 14.4. The summed E-state index contributed by atoms with van der Waals surface area (Å²) < 4.78 is 47.6. The zero-order valence-corrected chi connectivity index (χ0v) is 26.8. The molecule has 11 atom stereocenters. The lowest BCUT2D eigenvalue weighted by Gasteiger charge is -2.46. The van der Waals surface area contributed by atoms with Crippen molar-refractivity contribution in [2.75, 3.05) is 0 Å². The van der Waals surface area contributed by atoms with E-state index in [1.165, 1.54) is 19.1 Å². The molecule has 256 valence electrons. The number of fused-ring (bicyclic) bond motifs is 1. The summed E-state index contributed by atoms with van der Waals surface area (Å²) in [5.41, 5.74) is 0.695. The summed E-state index contributed by atoms with van der Waals surface area (Å²) in [5, 5.41) is 21.5. The molecular weight excluding hydrogens is 638 g/mol. The molecule has 0 spiro atoms. The smallest absolute Gasteiger partial charge is 0.338 e. The van der Waals surface area contributed by atoms with Gasteiger partial charge in [0.05, 0.1) is 28.9 Å². The van der Waals surface area contributed by atoms with E-state index >= 15 is 0 Å². The van der Waals surface area contributed by atoms with Gasteiger partial charge in [-0.2, -0.15) is 5.26 Å². The minimum atomic E-state index is -1.73. The Bertz CT molecular complexity index is 1670. The maximum Gasteiger partial charge on any atom is 0.338 e. The van der Waals surface area contributed by atoms with Gasteiger partial charge in [-0.1, -0.05) is 54.6 Å². The van der Waals surface area contributed by atoms with Crippen molar-refractivity contribution in [3.8, 4) is 6.07 Å². The third-order valence-corrected chi connectivity index (χ3v) is 8.43. The lowest BCUT2D eigenvalue weighted by Crippen LogP contribution is -2.64. The van der Waals surface area contributed by atoms with Gasteiger partial charge in [0.15, 0.2) is 30.9 Å². The number of benzene rings is 3. The molecule has 13 heteroatoms. The molecule has 0 amide bonds. The van der Waals surface area contributed by atoms with E-state index in [-0.39, 0.29) is 16.7 Å². The van der Waals surface area contributed by atoms with Crippen LogP contribution in [-0.2, 0) is 37.9 Å². The van der Waals surface area contributed by atoms with Crippen molar-refractivity contribution in [2.45, 2.75) is 88.0 Å². The van der Waals surface area contributed by atoms with Crippen LogP contribution in [-0.4, -0.2) is 90.2 Å². The second-order valence-corrected chi connectivity index (χ2v) is 12.0. The topological polar surface area (TPSA) is 169 Å². The Labute approximate surface area is 282 Å². The molecule has 6 rings (SSSR count). The van der Waals surface area contributed by atoms with Gasteiger partial charge in [-0.15, -0.1) is 0 Å². The number of esters is 3. The zero-order chi connectivity index (χ0) is 34.7. The van der Waals surface area contributed by atoms with E-state index in [0.29, 0.717) is 0 Å². The Hall–Kier alpha value is -4.68. The van der Waals surface area contributed by atoms with Crippen LogP contribution >= 0.6 is 0 Å². The highest BCUT2D eigenvalue weighted by Gasteiger charge is 2.59. The van der Waals surface area contributed by atoms with Crippen molar-refractivity contribution >= 4 is 17.9 Å². The van der Waals surface area contributed by atoms with E-state index in [1.807, 2.05) is 6.07 Å². The summed E-state index contributed by atoms with van der Waals surface area (Å²) in [6.45, 7) is 4.60. The first-order chi connectivity index (χ1) is 23.6. The highest BCUT2D eigenvalue weighted by molar-refractivity contribution is 5.90. The number of aliphatic hydroxyl groups is 1. The van der Waals surface area contributed by atoms with Crippen molar-refractivity contribution in [1.82, 2.24) is 0 Å². The highest BCUT2D eigenvalue weighted by atomic mass is 16.8. The number of rotatable bonds is 8. The van der Waals surface area contributed by atoms with Crippen LogP contribution in [0.2, 0.25) is 0 Å². The van der Waals surface area contributed by atoms with E-state index in [9.17, 15) is 24.8 Å². The Morgan fingerprint density at radius 1 is 0.673 bits per heavy atom. The number of ether oxygens (including phenoxy) is 8. The predicted octanol–water partition coefficient (Wildman–Crippen LogP) is 3.55. The molecule has 0 aromatic heterocycles. The number of hydrogen-bond acceptors (Lipinski definition) is 13. The fourth-order valence-corrected chi connectivity index (χ4v) is 5.92. The molecule has 3 saturated heterocycles. The Kier molecular flexibility index (Phi) is 10.1. The van der Waals surface area contributed by atoms with Crippen molar-refractivity contribution < 1.29 is 57.4 Å². The van der Waals surface area contributed by atoms with Crippen LogP contribution < -0.4 is 0 Å². The van der Waals surface area contributed by atoms with Crippen molar-refractivity contribution in [3.63, 3.8) is 0 Å². The molecule has 0 aliphatic carbocycles. The first-order valence-electron chi connectivity index (χ1n) is 15.8. The Morgan fingerprint density at radius 3 is 1.57 bits per heavy atom. The quantitative estimate of drug-likeness (QED) is 0.272. The average molecular weight is 674 g/mol. The number of aliphatic hydroxyl groups excluding tert-OH is 1. The average Bonchev–Trinajstić information content (AvgIpc) is 3.46. The van der Waals surface area contributed by atoms with Crippen LogP contribution in [0.5, 0.6) is 0 Å². The molecule has 3 aliphatic heterocycles. The summed E-state index contributed by atoms with van der Waals surface area (Å²) in [5.74, 6) is -3.92. The van der Waals surface area contributed by atoms with Gasteiger partial charge in [0, 0.05) is 6.92 Å². The van der Waals surface area contributed by atoms with Crippen molar-refractivity contribution in [3.05, 3.63) is 108 Å². The SMILES string of the molecule is C[C@@H]1O[C@@H]2O[C@@](C)(C#N)O[C@@H]2[C@H](O[C@@H]2O[C@@H](C)[C@H](OC(=O)c3ccccc3)[C@@H](OC(=O)c3ccccc3)[C@H]2O)[C@H]1OC(=O)c1ccccc1. The van der Waals surface area contributed by atoms with Crippen molar-refractivity contribution in [2.24, 2.45) is 0 Å². The van der Waals surface area contributed by atoms with Crippen LogP contribution in [0.15, 0.2) is 91.0 Å². The van der Waals surface area contributed by atoms with Gasteiger partial charge in [0.25, 0.3) is 5.79 Å². The monoisotopic (exact) mass is 673 g/mol. The molecule has 3 fully saturated rings. The summed E-state index contributed by atoms with van der Waals surface area (Å²) in [4.78, 5) is 39.6. The van der Waals surface area contributed by atoms with Crippen LogP contribution in [0.4, 0.5) is 0 Å². The number of nitriles is 1. The van der Waals surface area contributed by atoms with Crippen LogP contribution in [0.25, 0.3) is 0 Å². The van der Waals surface area contributed by atoms with Gasteiger partial charge in [-0.25, -0.2) is 14.4 Å². The second-order valence-electron chi connectivity index (χ2n) is 12.0. The normalized spacial score (nSPS) is 33.8. The van der Waals surface area contributed by atoms with Gasteiger partial charge in [0.1, 0.15) is 24.4 Å². The maximum absolute atomic E-state index is 13.3. The molecule has 0 bridgehead atoms. The highest BCUT2D eigenvalue weighted by Crippen LogP contribution is 2.40. The molecule has 1 N–H and O–H groups in total. The van der Waals surface area contributed by atoms with Gasteiger partial charge in [-0.05, 0) is 50.2 Å². The molecule has 3 heterocycles. The van der Waals surface area contributed by atoms with Crippen LogP contribution in [0.1, 0.15) is 51.8 Å². The largest absolute Gasteiger partial charge is 0.453 e. The molecule has 3 aromatic carbocycles. The van der Waals surface area contributed by atoms with Gasteiger partial charge >= 0.3 is 17.9 Å². The lowest BCUT2D eigenvalue weighted by atomic mass is 9.96. The predicted molar refractivity (Wildman–Crippen MR) is 166 cm³/mol. The number of carbonyl (C=O) groups excluding carboxylic acids is 3. The number of nitrogens with zero attached hydrogens (tertiary/aromatic N) is 1. The zero-order valence-electron chi connectivity index (χ0n) is 26.8. The molecule has 0 unspecified atom stereocenters. The first-order valence-corrected chi connectivity index (χ1v) is 15.8. The minimum Gasteiger partial charge on any atom is -0.453 e. The molecular formula is C36H35NO12. The van der Waals surface area contributed by atoms with E-state index < -0.39 is 85.1 Å². The summed E-state index contributed by atoms with van der Waals surface area (Å²) >= 11 is 0. The Morgan fingerprint density at radius 2 is 1.10 bits per heavy atom. The van der Waals surface area contributed by atoms with Crippen LogP contribution in [0.3, 0.4) is 0 Å². The lowest BCUT2D eigenvalue weighted by molar-refractivity contribution is -0.335. The van der Waals surface area contributed by atoms with Gasteiger partial charge in [0.2, 0.25) is 0 Å². The molecule has 3 aliphatic rings. The number of carbonyl (C=O) groups is 3. The minimum absolute atomic E-state index is 0.195.